The molecule has 2 bridgehead atoms. The molecule has 9 rings (SSSR count). The summed E-state index contributed by atoms with van der Waals surface area (Å²) in [5, 5.41) is 3.94. The van der Waals surface area contributed by atoms with Crippen LogP contribution in [0.1, 0.15) is 22.3 Å². The summed E-state index contributed by atoms with van der Waals surface area (Å²) in [7, 11) is 3.90. The van der Waals surface area contributed by atoms with E-state index in [1.807, 2.05) is 128 Å². The first-order valence-corrected chi connectivity index (χ1v) is 15.7. The number of anilines is 2. The minimum absolute atomic E-state index is 0.0896. The minimum Gasteiger partial charge on any atom is -0.378 e. The van der Waals surface area contributed by atoms with E-state index in [0.717, 1.165) is 49.5 Å². The number of hydrogen-bond acceptors (Lipinski definition) is 4. The number of imide groups is 1. The minimum atomic E-state index is -1.37. The van der Waals surface area contributed by atoms with Crippen LogP contribution in [-0.2, 0) is 25.2 Å². The van der Waals surface area contributed by atoms with Crippen molar-refractivity contribution in [2.75, 3.05) is 23.9 Å². The van der Waals surface area contributed by atoms with Crippen molar-refractivity contribution in [2.45, 2.75) is 10.8 Å². The van der Waals surface area contributed by atoms with Gasteiger partial charge in [0.2, 0.25) is 11.8 Å². The smallest absolute Gasteiger partial charge is 0.239 e. The third kappa shape index (κ3) is 2.98. The topological polar surface area (TPSA) is 57.7 Å². The molecule has 2 aliphatic carbocycles. The highest BCUT2D eigenvalue weighted by molar-refractivity contribution is 6.34. The van der Waals surface area contributed by atoms with Crippen molar-refractivity contribution in [3.8, 4) is 0 Å². The Hall–Kier alpha value is -5.55. The number of hydrogen-bond donors (Lipinski definition) is 0. The lowest BCUT2D eigenvalue weighted by atomic mass is 9.59. The number of ketones is 1. The van der Waals surface area contributed by atoms with Gasteiger partial charge < -0.3 is 4.90 Å². The largest absolute Gasteiger partial charge is 0.378 e. The van der Waals surface area contributed by atoms with E-state index in [4.69, 9.17) is 0 Å². The molecule has 1 saturated heterocycles. The van der Waals surface area contributed by atoms with Gasteiger partial charge in [-0.05, 0) is 68.1 Å². The molecule has 5 nitrogen and oxygen atoms in total. The van der Waals surface area contributed by atoms with E-state index < -0.39 is 22.7 Å². The molecule has 1 heterocycles. The van der Waals surface area contributed by atoms with Crippen molar-refractivity contribution < 1.29 is 14.4 Å². The SMILES string of the molecule is CN(C)c1ccc(N2C(=O)C3C(C2=O)[C@@]2(c4ccccc4)C(=O)[C@]3(c3ccccc3)c3c2c2ccccc2c2ccccc32)cc1. The van der Waals surface area contributed by atoms with Gasteiger partial charge in [0.15, 0.2) is 5.78 Å². The molecule has 6 aromatic carbocycles. The van der Waals surface area contributed by atoms with Crippen LogP contribution in [0.15, 0.2) is 133 Å². The predicted molar refractivity (Wildman–Crippen MR) is 181 cm³/mol. The molecule has 2 unspecified atom stereocenters. The van der Waals surface area contributed by atoms with Gasteiger partial charge in [0.05, 0.1) is 28.4 Å². The van der Waals surface area contributed by atoms with Crippen LogP contribution in [0.3, 0.4) is 0 Å². The van der Waals surface area contributed by atoms with Gasteiger partial charge in [-0.15, -0.1) is 0 Å². The monoisotopic (exact) mass is 598 g/mol. The maximum absolute atomic E-state index is 15.9. The Balaban J connectivity index is 1.46. The third-order valence-corrected chi connectivity index (χ3v) is 10.8. The highest BCUT2D eigenvalue weighted by atomic mass is 16.2. The maximum atomic E-state index is 15.9. The van der Waals surface area contributed by atoms with E-state index in [-0.39, 0.29) is 17.6 Å². The molecule has 222 valence electrons. The quantitative estimate of drug-likeness (QED) is 0.162. The Kier molecular flexibility index (Phi) is 5.39. The predicted octanol–water partition coefficient (Wildman–Crippen LogP) is 7.03. The van der Waals surface area contributed by atoms with Crippen LogP contribution < -0.4 is 9.80 Å². The molecule has 2 fully saturated rings. The Morgan fingerprint density at radius 3 is 1.30 bits per heavy atom. The van der Waals surface area contributed by atoms with Crippen LogP contribution in [0.25, 0.3) is 21.5 Å². The van der Waals surface area contributed by atoms with Gasteiger partial charge in [0.25, 0.3) is 0 Å². The van der Waals surface area contributed by atoms with E-state index in [1.165, 1.54) is 4.90 Å². The highest BCUT2D eigenvalue weighted by Gasteiger charge is 2.82. The molecule has 6 aromatic rings. The van der Waals surface area contributed by atoms with Gasteiger partial charge in [-0.2, -0.15) is 0 Å². The van der Waals surface area contributed by atoms with Crippen molar-refractivity contribution in [3.05, 3.63) is 156 Å². The second-order valence-electron chi connectivity index (χ2n) is 12.9. The molecular weight excluding hydrogens is 568 g/mol. The zero-order valence-electron chi connectivity index (χ0n) is 25.5. The summed E-state index contributed by atoms with van der Waals surface area (Å²) in [6, 6.07) is 43.3. The molecule has 0 spiro atoms. The Labute approximate surface area is 266 Å². The fourth-order valence-corrected chi connectivity index (χ4v) is 9.10. The first-order chi connectivity index (χ1) is 22.4. The van der Waals surface area contributed by atoms with Crippen LogP contribution in [-0.4, -0.2) is 31.7 Å². The lowest BCUT2D eigenvalue weighted by molar-refractivity contribution is -0.130. The summed E-state index contributed by atoms with van der Waals surface area (Å²) in [6.45, 7) is 0. The van der Waals surface area contributed by atoms with Crippen LogP contribution in [0.4, 0.5) is 11.4 Å². The molecule has 0 N–H and O–H groups in total. The molecule has 5 heteroatoms. The number of benzene rings is 6. The normalized spacial score (nSPS) is 24.6. The van der Waals surface area contributed by atoms with E-state index in [9.17, 15) is 0 Å². The summed E-state index contributed by atoms with van der Waals surface area (Å²) in [5.74, 6) is -2.58. The van der Waals surface area contributed by atoms with E-state index in [0.29, 0.717) is 5.69 Å². The van der Waals surface area contributed by atoms with Gasteiger partial charge in [0.1, 0.15) is 0 Å². The summed E-state index contributed by atoms with van der Waals surface area (Å²) in [5.41, 5.74) is 1.95. The molecule has 0 aromatic heterocycles. The average molecular weight is 599 g/mol. The molecule has 0 radical (unpaired) electrons. The number of Topliss-reactive ketones (excluding diaryl/α,β-unsaturated/α-hetero) is 1. The lowest BCUT2D eigenvalue weighted by Crippen LogP contribution is -2.45. The molecule has 1 aliphatic heterocycles. The number of carbonyl (C=O) groups is 3. The second-order valence-corrected chi connectivity index (χ2v) is 12.9. The van der Waals surface area contributed by atoms with Crippen LogP contribution in [0, 0.1) is 11.8 Å². The maximum Gasteiger partial charge on any atom is 0.239 e. The average Bonchev–Trinajstić information content (AvgIpc) is 3.61. The Morgan fingerprint density at radius 1 is 0.500 bits per heavy atom. The van der Waals surface area contributed by atoms with Gasteiger partial charge in [-0.25, -0.2) is 4.90 Å². The van der Waals surface area contributed by atoms with Crippen molar-refractivity contribution >= 4 is 50.5 Å². The van der Waals surface area contributed by atoms with Crippen molar-refractivity contribution in [1.29, 1.82) is 0 Å². The van der Waals surface area contributed by atoms with Crippen LogP contribution in [0.5, 0.6) is 0 Å². The standard InChI is InChI=1S/C41H30N2O3/c1-42(2)27-21-23-28(24-22-27)43-37(44)35-36(38(43)45)41(26-15-7-4-8-16-26)34-32-20-12-10-18-30(32)29-17-9-11-19-31(29)33(34)40(35,39(41)46)25-13-5-3-6-14-25/h3-24,35-36H,1-2H3/t35?,36?,40-,41+. The summed E-state index contributed by atoms with van der Waals surface area (Å²) >= 11 is 0. The van der Waals surface area contributed by atoms with E-state index in [1.54, 1.807) is 0 Å². The first-order valence-electron chi connectivity index (χ1n) is 15.7. The summed E-state index contributed by atoms with van der Waals surface area (Å²) in [4.78, 5) is 49.3. The van der Waals surface area contributed by atoms with Crippen molar-refractivity contribution in [2.24, 2.45) is 11.8 Å². The second kappa shape index (κ2) is 9.24. The number of carbonyl (C=O) groups excluding carboxylic acids is 3. The van der Waals surface area contributed by atoms with E-state index >= 15 is 14.4 Å². The highest BCUT2D eigenvalue weighted by Crippen LogP contribution is 2.72. The lowest BCUT2D eigenvalue weighted by Gasteiger charge is -2.38. The number of amides is 2. The third-order valence-electron chi connectivity index (χ3n) is 10.8. The van der Waals surface area contributed by atoms with Gasteiger partial charge in [0, 0.05) is 19.8 Å². The van der Waals surface area contributed by atoms with Gasteiger partial charge >= 0.3 is 0 Å². The molecule has 46 heavy (non-hydrogen) atoms. The van der Waals surface area contributed by atoms with Crippen LogP contribution in [0.2, 0.25) is 0 Å². The van der Waals surface area contributed by atoms with Gasteiger partial charge in [-0.1, -0.05) is 109 Å². The van der Waals surface area contributed by atoms with E-state index in [2.05, 4.69) is 24.3 Å². The van der Waals surface area contributed by atoms with Crippen molar-refractivity contribution in [1.82, 2.24) is 0 Å². The summed E-state index contributed by atoms with van der Waals surface area (Å²) < 4.78 is 0. The molecule has 3 aliphatic rings. The number of rotatable bonds is 4. The summed E-state index contributed by atoms with van der Waals surface area (Å²) in [6.07, 6.45) is 0. The fourth-order valence-electron chi connectivity index (χ4n) is 9.10. The molecular formula is C41H30N2O3. The number of fused-ring (bicyclic) bond motifs is 13. The Morgan fingerprint density at radius 2 is 0.891 bits per heavy atom. The van der Waals surface area contributed by atoms with Crippen molar-refractivity contribution in [3.63, 3.8) is 0 Å². The number of nitrogens with zero attached hydrogens (tertiary/aromatic N) is 2. The Bertz CT molecular complexity index is 2130. The molecule has 2 amide bonds. The van der Waals surface area contributed by atoms with Gasteiger partial charge in [-0.3, -0.25) is 14.4 Å². The molecule has 1 saturated carbocycles. The zero-order valence-corrected chi connectivity index (χ0v) is 25.5. The molecule has 4 atom stereocenters. The first kappa shape index (κ1) is 26.8. The van der Waals surface area contributed by atoms with Crippen LogP contribution >= 0.6 is 0 Å². The fraction of sp³-hybridized carbons (Fsp3) is 0.146. The zero-order chi connectivity index (χ0) is 31.4.